The summed E-state index contributed by atoms with van der Waals surface area (Å²) in [7, 11) is -4.75. The third-order valence-electron chi connectivity index (χ3n) is 15.6. The average molecular weight is 961 g/mol. The number of aromatic nitrogens is 2. The molecule has 0 radical (unpaired) electrons. The molecule has 2 aliphatic carbocycles. The number of rotatable bonds is 12. The summed E-state index contributed by atoms with van der Waals surface area (Å²) >= 11 is 0. The predicted octanol–water partition coefficient (Wildman–Crippen LogP) is 7.96. The first-order valence-electron chi connectivity index (χ1n) is 24.2. The van der Waals surface area contributed by atoms with E-state index < -0.39 is 42.9 Å². The van der Waals surface area contributed by atoms with Crippen molar-refractivity contribution in [3.8, 4) is 17.2 Å². The molecule has 17 nitrogen and oxygen atoms in total. The van der Waals surface area contributed by atoms with Gasteiger partial charge in [-0.3, -0.25) is 24.6 Å². The van der Waals surface area contributed by atoms with Gasteiger partial charge in [-0.25, -0.2) is 18.1 Å². The minimum atomic E-state index is -4.75. The summed E-state index contributed by atoms with van der Waals surface area (Å²) in [5.74, 6) is -0.985. The number of nitro groups is 1. The molecule has 364 valence electrons. The lowest BCUT2D eigenvalue weighted by Gasteiger charge is -2.57. The minimum absolute atomic E-state index is 0.0378. The molecule has 1 spiro atoms. The van der Waals surface area contributed by atoms with Gasteiger partial charge in [0, 0.05) is 67.7 Å². The molecule has 2 aromatic heterocycles. The molecule has 3 aliphatic heterocycles. The van der Waals surface area contributed by atoms with E-state index in [0.29, 0.717) is 54.6 Å². The number of hydrogen-bond acceptors (Lipinski definition) is 13. The highest BCUT2D eigenvalue weighted by Crippen LogP contribution is 2.49. The van der Waals surface area contributed by atoms with Crippen molar-refractivity contribution in [2.24, 2.45) is 17.1 Å². The van der Waals surface area contributed by atoms with Gasteiger partial charge in [0.2, 0.25) is 0 Å². The molecule has 0 bridgehead atoms. The van der Waals surface area contributed by atoms with Crippen molar-refractivity contribution in [1.82, 2.24) is 19.6 Å². The maximum atomic E-state index is 14.2. The summed E-state index contributed by atoms with van der Waals surface area (Å²) < 4.78 is 42.5. The molecule has 0 unspecified atom stereocenters. The van der Waals surface area contributed by atoms with Crippen molar-refractivity contribution in [1.29, 1.82) is 0 Å². The highest BCUT2D eigenvalue weighted by Gasteiger charge is 2.49. The highest BCUT2D eigenvalue weighted by molar-refractivity contribution is 7.90. The van der Waals surface area contributed by atoms with Crippen LogP contribution in [0.25, 0.3) is 11.0 Å². The Morgan fingerprint density at radius 1 is 1.00 bits per heavy atom. The molecule has 2 saturated heterocycles. The van der Waals surface area contributed by atoms with Crippen LogP contribution in [0, 0.1) is 21.4 Å². The zero-order valence-electron chi connectivity index (χ0n) is 39.2. The third-order valence-corrected chi connectivity index (χ3v) is 16.9. The largest absolute Gasteiger partial charge is 0.489 e. The van der Waals surface area contributed by atoms with Crippen molar-refractivity contribution >= 4 is 49.9 Å². The number of fused-ring (bicyclic) bond motifs is 2. The molecular formula is C51H60N8O9S. The number of piperidine rings is 1. The van der Waals surface area contributed by atoms with E-state index in [4.69, 9.17) is 15.2 Å². The predicted molar refractivity (Wildman–Crippen MR) is 261 cm³/mol. The van der Waals surface area contributed by atoms with Gasteiger partial charge >= 0.3 is 0 Å². The van der Waals surface area contributed by atoms with Crippen LogP contribution in [0.1, 0.15) is 122 Å². The number of likely N-dealkylation sites (tertiary alicyclic amines) is 1. The number of anilines is 2. The van der Waals surface area contributed by atoms with Crippen LogP contribution in [-0.4, -0.2) is 95.6 Å². The molecule has 18 heteroatoms. The SMILES string of the molecule is CC(C)c1ccccc1[C@H]1CCC[C@H]1N1CC2(CCN(c3ccc(C(=O)NS(=O)(=O)c4cc5c(c([N+](=O)[O-])c4)N[C@@H](C4CCC(C)(O)CC4)CO5)c(Oc4cc5cc[nH]c5nc4C(N)=O)c3)CC2)C1. The number of nitrogens with zero attached hydrogens (tertiary/aromatic N) is 4. The van der Waals surface area contributed by atoms with Crippen LogP contribution >= 0.6 is 0 Å². The molecule has 69 heavy (non-hydrogen) atoms. The molecule has 6 N–H and O–H groups in total. The number of H-pyrrole nitrogens is 1. The highest BCUT2D eigenvalue weighted by atomic mass is 32.2. The Kier molecular flexibility index (Phi) is 12.1. The molecule has 10 rings (SSSR count). The summed E-state index contributed by atoms with van der Waals surface area (Å²) in [4.78, 5) is 50.4. The van der Waals surface area contributed by atoms with Gasteiger partial charge in [0.25, 0.3) is 27.5 Å². The van der Waals surface area contributed by atoms with Gasteiger partial charge in [0.1, 0.15) is 18.0 Å². The van der Waals surface area contributed by atoms with Crippen LogP contribution < -0.4 is 30.1 Å². The second-order valence-electron chi connectivity index (χ2n) is 20.6. The number of sulfonamides is 1. The van der Waals surface area contributed by atoms with E-state index in [1.807, 2.05) is 0 Å². The number of carbonyl (C=O) groups excluding carboxylic acids is 2. The normalized spacial score (nSPS) is 24.6. The van der Waals surface area contributed by atoms with Crippen molar-refractivity contribution in [2.45, 2.75) is 113 Å². The molecule has 2 amide bonds. The molecule has 3 aromatic carbocycles. The third kappa shape index (κ3) is 9.09. The summed E-state index contributed by atoms with van der Waals surface area (Å²) in [6.45, 7) is 10.1. The Labute approximate surface area is 401 Å². The molecule has 5 aliphatic rings. The summed E-state index contributed by atoms with van der Waals surface area (Å²) in [5.41, 5.74) is 8.43. The lowest BCUT2D eigenvalue weighted by atomic mass is 9.70. The fourth-order valence-electron chi connectivity index (χ4n) is 11.7. The number of aliphatic hydroxyl groups is 1. The van der Waals surface area contributed by atoms with Gasteiger partial charge in [0.05, 0.1) is 27.0 Å². The van der Waals surface area contributed by atoms with E-state index in [0.717, 1.165) is 56.8 Å². The Balaban J connectivity index is 0.885. The first kappa shape index (κ1) is 46.5. The number of primary amides is 1. The molecule has 4 fully saturated rings. The summed E-state index contributed by atoms with van der Waals surface area (Å²) in [6, 6.07) is 19.4. The van der Waals surface area contributed by atoms with Gasteiger partial charge in [-0.15, -0.1) is 0 Å². The monoisotopic (exact) mass is 960 g/mol. The Hall–Kier alpha value is -6.24. The summed E-state index contributed by atoms with van der Waals surface area (Å²) in [5, 5.41) is 26.7. The zero-order chi connectivity index (χ0) is 48.4. The first-order chi connectivity index (χ1) is 33.0. The number of amides is 2. The number of aromatic amines is 1. The number of nitro benzene ring substituents is 1. The van der Waals surface area contributed by atoms with Crippen LogP contribution in [0.3, 0.4) is 0 Å². The number of ether oxygens (including phenoxy) is 2. The average Bonchev–Trinajstić information content (AvgIpc) is 4.00. The van der Waals surface area contributed by atoms with Gasteiger partial charge in [-0.2, -0.15) is 0 Å². The van der Waals surface area contributed by atoms with E-state index in [1.165, 1.54) is 36.5 Å². The number of pyridine rings is 1. The molecule has 2 saturated carbocycles. The zero-order valence-corrected chi connectivity index (χ0v) is 40.0. The van der Waals surface area contributed by atoms with Gasteiger partial charge in [0.15, 0.2) is 22.9 Å². The smallest absolute Gasteiger partial charge is 0.297 e. The number of carbonyl (C=O) groups is 2. The van der Waals surface area contributed by atoms with Gasteiger partial charge in [-0.1, -0.05) is 44.5 Å². The van der Waals surface area contributed by atoms with E-state index in [2.05, 4.69) is 67.9 Å². The number of hydrogen-bond donors (Lipinski definition) is 5. The Morgan fingerprint density at radius 3 is 2.48 bits per heavy atom. The maximum Gasteiger partial charge on any atom is 0.297 e. The molecule has 5 heterocycles. The second-order valence-corrected chi connectivity index (χ2v) is 22.3. The summed E-state index contributed by atoms with van der Waals surface area (Å²) in [6.07, 6.45) is 9.78. The van der Waals surface area contributed by atoms with E-state index in [9.17, 15) is 33.2 Å². The standard InChI is InChI=1S/C51H60N8O9S/c1-30(2)35-7-4-5-8-36(35)37-9-6-10-40(37)58-28-51(29-58)18-21-57(22-19-51)33-11-12-38(42(24-33)68-44-23-32-15-20-53-48(32)55-46(44)47(52)60)49(61)56-69(65,66)34-25-41(59(63)64)45-43(26-34)67-27-39(54-45)31-13-16-50(3,62)17-14-31/h4-5,7-8,11-12,15,20,23-26,30-31,37,39-40,54,62H,6,9-10,13-14,16-19,21-22,27-29H2,1-3H3,(H2,52,60)(H,53,55)(H,56,61)/t31?,37-,39-,40-,50?/m1/s1. The number of nitrogens with one attached hydrogen (secondary N) is 3. The number of benzene rings is 3. The first-order valence-corrected chi connectivity index (χ1v) is 25.6. The second kappa shape index (κ2) is 17.9. The van der Waals surface area contributed by atoms with Crippen LogP contribution in [0.4, 0.5) is 17.1 Å². The lowest BCUT2D eigenvalue weighted by molar-refractivity contribution is -0.384. The fourth-order valence-corrected chi connectivity index (χ4v) is 12.7. The van der Waals surface area contributed by atoms with Crippen molar-refractivity contribution in [3.05, 3.63) is 105 Å². The van der Waals surface area contributed by atoms with E-state index >= 15 is 0 Å². The van der Waals surface area contributed by atoms with Crippen molar-refractivity contribution in [2.75, 3.05) is 43.0 Å². The number of nitrogens with two attached hydrogens (primary N) is 1. The van der Waals surface area contributed by atoms with E-state index in [-0.39, 0.29) is 58.2 Å². The Bertz CT molecular complexity index is 2930. The Morgan fingerprint density at radius 2 is 1.75 bits per heavy atom. The molecule has 3 atom stereocenters. The van der Waals surface area contributed by atoms with Crippen molar-refractivity contribution < 1.29 is 37.5 Å². The van der Waals surface area contributed by atoms with Gasteiger partial charge < -0.3 is 35.5 Å². The van der Waals surface area contributed by atoms with Crippen molar-refractivity contribution in [3.63, 3.8) is 0 Å². The molecule has 5 aromatic rings. The van der Waals surface area contributed by atoms with Gasteiger partial charge in [-0.05, 0) is 117 Å². The molecular weight excluding hydrogens is 901 g/mol. The maximum absolute atomic E-state index is 14.2. The fraction of sp³-hybridized carbons (Fsp3) is 0.471. The van der Waals surface area contributed by atoms with Crippen LogP contribution in [0.2, 0.25) is 0 Å². The van der Waals surface area contributed by atoms with Crippen LogP contribution in [-0.2, 0) is 10.0 Å². The lowest BCUT2D eigenvalue weighted by Crippen LogP contribution is -2.63. The van der Waals surface area contributed by atoms with Crippen LogP contribution in [0.5, 0.6) is 17.2 Å². The van der Waals surface area contributed by atoms with E-state index in [1.54, 1.807) is 37.4 Å². The van der Waals surface area contributed by atoms with Crippen LogP contribution in [0.15, 0.2) is 77.8 Å². The minimum Gasteiger partial charge on any atom is -0.489 e. The topological polar surface area (TPSA) is 235 Å². The quantitative estimate of drug-likeness (QED) is 0.0590.